The van der Waals surface area contributed by atoms with Crippen LogP contribution in [0.1, 0.15) is 11.1 Å². The van der Waals surface area contributed by atoms with Gasteiger partial charge in [0.25, 0.3) is 0 Å². The number of halogens is 2. The fourth-order valence-electron chi connectivity index (χ4n) is 2.55. The second-order valence-corrected chi connectivity index (χ2v) is 5.09. The summed E-state index contributed by atoms with van der Waals surface area (Å²) in [5, 5.41) is 0. The number of hydrogen-bond acceptors (Lipinski definition) is 2. The highest BCUT2D eigenvalue weighted by atomic mass is 19.1. The summed E-state index contributed by atoms with van der Waals surface area (Å²) in [6.45, 7) is 2.07. The van der Waals surface area contributed by atoms with Crippen LogP contribution in [0.15, 0.2) is 30.3 Å². The van der Waals surface area contributed by atoms with Crippen molar-refractivity contribution in [3.8, 4) is 16.9 Å². The van der Waals surface area contributed by atoms with Crippen LogP contribution in [0.4, 0.5) is 8.78 Å². The minimum absolute atomic E-state index is 0.118. The summed E-state index contributed by atoms with van der Waals surface area (Å²) in [5.74, 6) is 0.0670. The standard InChI is InChI=1S/C16H15F2NO/c1-9-4-10(2-3-15(9)18)14-7-12(17)5-11-6-13(8-19)20-16(11)14/h2-5,7,13H,6,8,19H2,1H3/t13-/m0/s1. The Balaban J connectivity index is 2.13. The van der Waals surface area contributed by atoms with Gasteiger partial charge in [-0.1, -0.05) is 6.07 Å². The van der Waals surface area contributed by atoms with Gasteiger partial charge in [0.15, 0.2) is 0 Å². The first-order valence-electron chi connectivity index (χ1n) is 6.54. The number of benzene rings is 2. The SMILES string of the molecule is Cc1cc(-c2cc(F)cc3c2O[C@H](CN)C3)ccc1F. The Morgan fingerprint density at radius 1 is 1.25 bits per heavy atom. The smallest absolute Gasteiger partial charge is 0.131 e. The molecular formula is C16H15F2NO. The topological polar surface area (TPSA) is 35.2 Å². The zero-order valence-corrected chi connectivity index (χ0v) is 11.1. The van der Waals surface area contributed by atoms with Gasteiger partial charge in [-0.25, -0.2) is 8.78 Å². The van der Waals surface area contributed by atoms with Crippen molar-refractivity contribution >= 4 is 0 Å². The third kappa shape index (κ3) is 2.16. The number of rotatable bonds is 2. The number of nitrogens with two attached hydrogens (primary N) is 1. The van der Waals surface area contributed by atoms with Crippen LogP contribution in [-0.4, -0.2) is 12.6 Å². The fourth-order valence-corrected chi connectivity index (χ4v) is 2.55. The number of fused-ring (bicyclic) bond motifs is 1. The first kappa shape index (κ1) is 13.1. The van der Waals surface area contributed by atoms with E-state index in [0.717, 1.165) is 11.1 Å². The van der Waals surface area contributed by atoms with Crippen LogP contribution < -0.4 is 10.5 Å². The molecule has 0 saturated carbocycles. The van der Waals surface area contributed by atoms with Gasteiger partial charge in [0.1, 0.15) is 23.5 Å². The zero-order valence-electron chi connectivity index (χ0n) is 11.1. The van der Waals surface area contributed by atoms with Crippen molar-refractivity contribution in [3.05, 3.63) is 53.1 Å². The maximum atomic E-state index is 13.8. The lowest BCUT2D eigenvalue weighted by Gasteiger charge is -2.12. The molecule has 20 heavy (non-hydrogen) atoms. The highest BCUT2D eigenvalue weighted by Crippen LogP contribution is 2.39. The van der Waals surface area contributed by atoms with Crippen LogP contribution in [0.5, 0.6) is 5.75 Å². The van der Waals surface area contributed by atoms with Gasteiger partial charge in [-0.3, -0.25) is 0 Å². The molecule has 0 spiro atoms. The van der Waals surface area contributed by atoms with Crippen molar-refractivity contribution in [2.75, 3.05) is 6.54 Å². The number of aryl methyl sites for hydroxylation is 1. The molecule has 0 amide bonds. The average Bonchev–Trinajstić information content (AvgIpc) is 2.83. The van der Waals surface area contributed by atoms with Crippen LogP contribution in [-0.2, 0) is 6.42 Å². The average molecular weight is 275 g/mol. The molecule has 0 aliphatic carbocycles. The van der Waals surface area contributed by atoms with E-state index in [4.69, 9.17) is 10.5 Å². The molecule has 0 radical (unpaired) electrons. The van der Waals surface area contributed by atoms with E-state index in [-0.39, 0.29) is 17.7 Å². The van der Waals surface area contributed by atoms with Crippen molar-refractivity contribution in [2.45, 2.75) is 19.4 Å². The van der Waals surface area contributed by atoms with E-state index in [9.17, 15) is 8.78 Å². The van der Waals surface area contributed by atoms with Crippen molar-refractivity contribution < 1.29 is 13.5 Å². The van der Waals surface area contributed by atoms with Gasteiger partial charge in [0, 0.05) is 24.1 Å². The Morgan fingerprint density at radius 3 is 2.75 bits per heavy atom. The number of ether oxygens (including phenoxy) is 1. The molecule has 1 heterocycles. The molecule has 4 heteroatoms. The molecule has 0 fully saturated rings. The van der Waals surface area contributed by atoms with Crippen LogP contribution in [0, 0.1) is 18.6 Å². The third-order valence-corrected chi connectivity index (χ3v) is 3.59. The Bertz CT molecular complexity index is 670. The maximum absolute atomic E-state index is 13.8. The molecule has 0 aromatic heterocycles. The van der Waals surface area contributed by atoms with Crippen molar-refractivity contribution in [1.82, 2.24) is 0 Å². The third-order valence-electron chi connectivity index (χ3n) is 3.59. The van der Waals surface area contributed by atoms with Gasteiger partial charge in [0.2, 0.25) is 0 Å². The van der Waals surface area contributed by atoms with Gasteiger partial charge in [0.05, 0.1) is 0 Å². The summed E-state index contributed by atoms with van der Waals surface area (Å²) in [6, 6.07) is 7.62. The first-order valence-corrected chi connectivity index (χ1v) is 6.54. The molecule has 3 rings (SSSR count). The van der Waals surface area contributed by atoms with Gasteiger partial charge in [-0.05, 0) is 42.3 Å². The number of hydrogen-bond donors (Lipinski definition) is 1. The normalized spacial score (nSPS) is 16.9. The quantitative estimate of drug-likeness (QED) is 0.913. The molecular weight excluding hydrogens is 260 g/mol. The predicted molar refractivity (Wildman–Crippen MR) is 73.7 cm³/mol. The molecule has 1 aliphatic heterocycles. The minimum Gasteiger partial charge on any atom is -0.488 e. The summed E-state index contributed by atoms with van der Waals surface area (Å²) in [7, 11) is 0. The van der Waals surface area contributed by atoms with Crippen molar-refractivity contribution in [3.63, 3.8) is 0 Å². The van der Waals surface area contributed by atoms with E-state index >= 15 is 0 Å². The Hall–Kier alpha value is -1.94. The monoisotopic (exact) mass is 275 g/mol. The molecule has 0 bridgehead atoms. The fraction of sp³-hybridized carbons (Fsp3) is 0.250. The van der Waals surface area contributed by atoms with E-state index in [1.807, 2.05) is 0 Å². The lowest BCUT2D eigenvalue weighted by molar-refractivity contribution is 0.242. The van der Waals surface area contributed by atoms with Crippen LogP contribution in [0.2, 0.25) is 0 Å². The molecule has 2 N–H and O–H groups in total. The first-order chi connectivity index (χ1) is 9.58. The van der Waals surface area contributed by atoms with E-state index in [0.29, 0.717) is 29.8 Å². The van der Waals surface area contributed by atoms with Gasteiger partial charge in [-0.2, -0.15) is 0 Å². The Labute approximate surface area is 116 Å². The molecule has 2 nitrogen and oxygen atoms in total. The Morgan fingerprint density at radius 2 is 2.05 bits per heavy atom. The molecule has 1 aliphatic rings. The lowest BCUT2D eigenvalue weighted by atomic mass is 9.99. The van der Waals surface area contributed by atoms with E-state index in [2.05, 4.69) is 0 Å². The van der Waals surface area contributed by atoms with Crippen LogP contribution in [0.3, 0.4) is 0 Å². The summed E-state index contributed by atoms with van der Waals surface area (Å²) >= 11 is 0. The largest absolute Gasteiger partial charge is 0.488 e. The minimum atomic E-state index is -0.318. The molecule has 2 aromatic carbocycles. The highest BCUT2D eigenvalue weighted by molar-refractivity contribution is 5.73. The van der Waals surface area contributed by atoms with Crippen molar-refractivity contribution in [2.24, 2.45) is 5.73 Å². The van der Waals surface area contributed by atoms with E-state index in [1.165, 1.54) is 18.2 Å². The van der Waals surface area contributed by atoms with Gasteiger partial charge >= 0.3 is 0 Å². The summed E-state index contributed by atoms with van der Waals surface area (Å²) < 4.78 is 32.9. The second-order valence-electron chi connectivity index (χ2n) is 5.09. The van der Waals surface area contributed by atoms with Crippen molar-refractivity contribution in [1.29, 1.82) is 0 Å². The second kappa shape index (κ2) is 4.87. The molecule has 0 saturated heterocycles. The van der Waals surface area contributed by atoms with Gasteiger partial charge in [-0.15, -0.1) is 0 Å². The van der Waals surface area contributed by atoms with Gasteiger partial charge < -0.3 is 10.5 Å². The van der Waals surface area contributed by atoms with Crippen LogP contribution in [0.25, 0.3) is 11.1 Å². The maximum Gasteiger partial charge on any atom is 0.131 e. The van der Waals surface area contributed by atoms with E-state index < -0.39 is 0 Å². The zero-order chi connectivity index (χ0) is 14.3. The van der Waals surface area contributed by atoms with Crippen LogP contribution >= 0.6 is 0 Å². The lowest BCUT2D eigenvalue weighted by Crippen LogP contribution is -2.24. The van der Waals surface area contributed by atoms with E-state index in [1.54, 1.807) is 19.1 Å². The predicted octanol–water partition coefficient (Wildman–Crippen LogP) is 3.20. The molecule has 1 atom stereocenters. The summed E-state index contributed by atoms with van der Waals surface area (Å²) in [5.41, 5.74) is 8.35. The molecule has 0 unspecified atom stereocenters. The highest BCUT2D eigenvalue weighted by Gasteiger charge is 2.26. The summed E-state index contributed by atoms with van der Waals surface area (Å²) in [4.78, 5) is 0. The molecule has 2 aromatic rings. The molecule has 104 valence electrons. The Kier molecular flexibility index (Phi) is 3.18. The summed E-state index contributed by atoms with van der Waals surface area (Å²) in [6.07, 6.45) is 0.489.